The lowest BCUT2D eigenvalue weighted by Crippen LogP contribution is -2.42. The van der Waals surface area contributed by atoms with Crippen LogP contribution in [0, 0.1) is 5.92 Å². The van der Waals surface area contributed by atoms with E-state index >= 15 is 0 Å². The standard InChI is InChI=1S/C11H20N2OS2.ClH/c1-8-4-9(5-12)6-13(8)11(14)10-7-15-2-3-16-10;/h8-10H,2-7,12H2,1H3;1H. The van der Waals surface area contributed by atoms with E-state index in [2.05, 4.69) is 11.8 Å². The molecule has 0 aliphatic carbocycles. The molecule has 0 spiro atoms. The van der Waals surface area contributed by atoms with Crippen molar-refractivity contribution in [2.75, 3.05) is 30.3 Å². The van der Waals surface area contributed by atoms with Crippen LogP contribution in [0.25, 0.3) is 0 Å². The summed E-state index contributed by atoms with van der Waals surface area (Å²) in [5.74, 6) is 4.15. The van der Waals surface area contributed by atoms with Crippen LogP contribution in [0.1, 0.15) is 13.3 Å². The van der Waals surface area contributed by atoms with Crippen molar-refractivity contribution in [2.45, 2.75) is 24.6 Å². The van der Waals surface area contributed by atoms with Gasteiger partial charge in [-0.2, -0.15) is 11.8 Å². The van der Waals surface area contributed by atoms with Crippen LogP contribution in [0.15, 0.2) is 0 Å². The Kier molecular flexibility index (Phi) is 6.48. The van der Waals surface area contributed by atoms with E-state index in [1.807, 2.05) is 23.5 Å². The van der Waals surface area contributed by atoms with Crippen molar-refractivity contribution in [3.05, 3.63) is 0 Å². The van der Waals surface area contributed by atoms with Gasteiger partial charge in [0.05, 0.1) is 5.25 Å². The number of thioether (sulfide) groups is 2. The van der Waals surface area contributed by atoms with E-state index in [9.17, 15) is 4.79 Å². The lowest BCUT2D eigenvalue weighted by atomic mass is 10.1. The lowest BCUT2D eigenvalue weighted by molar-refractivity contribution is -0.130. The normalized spacial score (nSPS) is 33.3. The predicted molar refractivity (Wildman–Crippen MR) is 79.2 cm³/mol. The molecule has 1 amide bonds. The Morgan fingerprint density at radius 1 is 1.47 bits per heavy atom. The van der Waals surface area contributed by atoms with Gasteiger partial charge in [-0.05, 0) is 25.8 Å². The van der Waals surface area contributed by atoms with Crippen LogP contribution in [-0.2, 0) is 4.79 Å². The van der Waals surface area contributed by atoms with E-state index in [0.717, 1.165) is 24.5 Å². The second-order valence-electron chi connectivity index (χ2n) is 4.61. The molecule has 0 saturated carbocycles. The number of hydrogen-bond donors (Lipinski definition) is 1. The lowest BCUT2D eigenvalue weighted by Gasteiger charge is -2.28. The number of halogens is 1. The summed E-state index contributed by atoms with van der Waals surface area (Å²) < 4.78 is 0. The number of likely N-dealkylation sites (tertiary alicyclic amines) is 1. The number of nitrogens with zero attached hydrogens (tertiary/aromatic N) is 1. The Hall–Kier alpha value is 0.420. The maximum atomic E-state index is 12.3. The van der Waals surface area contributed by atoms with Crippen LogP contribution in [0.3, 0.4) is 0 Å². The molecule has 2 saturated heterocycles. The molecular weight excluding hydrogens is 276 g/mol. The second-order valence-corrected chi connectivity index (χ2v) is 7.07. The van der Waals surface area contributed by atoms with Crippen LogP contribution in [-0.4, -0.2) is 52.4 Å². The van der Waals surface area contributed by atoms with Gasteiger partial charge in [-0.25, -0.2) is 0 Å². The first kappa shape index (κ1) is 15.5. The van der Waals surface area contributed by atoms with Gasteiger partial charge in [-0.15, -0.1) is 24.2 Å². The van der Waals surface area contributed by atoms with Gasteiger partial charge in [-0.1, -0.05) is 0 Å². The Bertz CT molecular complexity index is 262. The average Bonchev–Trinajstić information content (AvgIpc) is 2.71. The second kappa shape index (κ2) is 7.12. The van der Waals surface area contributed by atoms with Gasteiger partial charge in [-0.3, -0.25) is 4.79 Å². The molecule has 0 aromatic carbocycles. The van der Waals surface area contributed by atoms with Crippen LogP contribution < -0.4 is 5.73 Å². The van der Waals surface area contributed by atoms with Crippen LogP contribution in [0.4, 0.5) is 0 Å². The third-order valence-corrected chi connectivity index (χ3v) is 6.11. The predicted octanol–water partition coefficient (Wildman–Crippen LogP) is 1.45. The first-order chi connectivity index (χ1) is 7.72. The zero-order chi connectivity index (χ0) is 11.5. The van der Waals surface area contributed by atoms with Gasteiger partial charge in [0.15, 0.2) is 0 Å². The van der Waals surface area contributed by atoms with E-state index in [1.165, 1.54) is 5.75 Å². The fraction of sp³-hybridized carbons (Fsp3) is 0.909. The SMILES string of the molecule is CC1CC(CN)CN1C(=O)C1CSCCS1.Cl. The molecule has 2 rings (SSSR count). The van der Waals surface area contributed by atoms with Gasteiger partial charge >= 0.3 is 0 Å². The summed E-state index contributed by atoms with van der Waals surface area (Å²) in [5, 5.41) is 0.192. The molecule has 2 heterocycles. The number of rotatable bonds is 2. The van der Waals surface area contributed by atoms with Crippen LogP contribution >= 0.6 is 35.9 Å². The summed E-state index contributed by atoms with van der Waals surface area (Å²) in [6, 6.07) is 0.383. The highest BCUT2D eigenvalue weighted by molar-refractivity contribution is 8.07. The minimum absolute atomic E-state index is 0. The zero-order valence-corrected chi connectivity index (χ0v) is 12.6. The van der Waals surface area contributed by atoms with E-state index in [-0.39, 0.29) is 17.7 Å². The Morgan fingerprint density at radius 3 is 2.76 bits per heavy atom. The summed E-state index contributed by atoms with van der Waals surface area (Å²) in [4.78, 5) is 14.4. The van der Waals surface area contributed by atoms with Gasteiger partial charge < -0.3 is 10.6 Å². The smallest absolute Gasteiger partial charge is 0.236 e. The Labute approximate surface area is 118 Å². The molecule has 0 bridgehead atoms. The monoisotopic (exact) mass is 296 g/mol. The highest BCUT2D eigenvalue weighted by Crippen LogP contribution is 2.29. The largest absolute Gasteiger partial charge is 0.339 e. The molecule has 17 heavy (non-hydrogen) atoms. The van der Waals surface area contributed by atoms with Crippen molar-refractivity contribution in [3.8, 4) is 0 Å². The summed E-state index contributed by atoms with van der Waals surface area (Å²) in [7, 11) is 0. The number of hydrogen-bond acceptors (Lipinski definition) is 4. The third kappa shape index (κ3) is 3.69. The van der Waals surface area contributed by atoms with Crippen LogP contribution in [0.2, 0.25) is 0 Å². The van der Waals surface area contributed by atoms with Crippen molar-refractivity contribution >= 4 is 41.8 Å². The number of carbonyl (C=O) groups is 1. The molecular formula is C11H21ClN2OS2. The zero-order valence-electron chi connectivity index (χ0n) is 10.1. The Morgan fingerprint density at radius 2 is 2.24 bits per heavy atom. The average molecular weight is 297 g/mol. The van der Waals surface area contributed by atoms with Crippen molar-refractivity contribution in [2.24, 2.45) is 11.7 Å². The van der Waals surface area contributed by atoms with Gasteiger partial charge in [0, 0.05) is 29.8 Å². The minimum atomic E-state index is 0. The molecule has 3 unspecified atom stereocenters. The van der Waals surface area contributed by atoms with Gasteiger partial charge in [0.25, 0.3) is 0 Å². The molecule has 2 N–H and O–H groups in total. The van der Waals surface area contributed by atoms with Crippen molar-refractivity contribution in [1.82, 2.24) is 4.90 Å². The fourth-order valence-corrected chi connectivity index (χ4v) is 5.05. The maximum absolute atomic E-state index is 12.3. The number of nitrogens with two attached hydrogens (primary N) is 1. The van der Waals surface area contributed by atoms with Crippen LogP contribution in [0.5, 0.6) is 0 Å². The van der Waals surface area contributed by atoms with E-state index in [4.69, 9.17) is 5.73 Å². The first-order valence-corrected chi connectivity index (χ1v) is 8.12. The summed E-state index contributed by atoms with van der Waals surface area (Å²) in [6.07, 6.45) is 1.08. The van der Waals surface area contributed by atoms with Gasteiger partial charge in [0.2, 0.25) is 5.91 Å². The van der Waals surface area contributed by atoms with E-state index in [1.54, 1.807) is 0 Å². The molecule has 2 fully saturated rings. The van der Waals surface area contributed by atoms with Crippen molar-refractivity contribution < 1.29 is 4.79 Å². The minimum Gasteiger partial charge on any atom is -0.339 e. The molecule has 3 atom stereocenters. The van der Waals surface area contributed by atoms with E-state index in [0.29, 0.717) is 24.4 Å². The molecule has 0 radical (unpaired) electrons. The van der Waals surface area contributed by atoms with Gasteiger partial charge in [0.1, 0.15) is 0 Å². The van der Waals surface area contributed by atoms with Crippen molar-refractivity contribution in [3.63, 3.8) is 0 Å². The van der Waals surface area contributed by atoms with Crippen molar-refractivity contribution in [1.29, 1.82) is 0 Å². The summed E-state index contributed by atoms with van der Waals surface area (Å²) in [6.45, 7) is 3.73. The highest BCUT2D eigenvalue weighted by Gasteiger charge is 2.35. The molecule has 2 aliphatic heterocycles. The molecule has 0 aromatic heterocycles. The first-order valence-electron chi connectivity index (χ1n) is 5.92. The maximum Gasteiger partial charge on any atom is 0.236 e. The van der Waals surface area contributed by atoms with E-state index < -0.39 is 0 Å². The molecule has 100 valence electrons. The quantitative estimate of drug-likeness (QED) is 0.838. The third-order valence-electron chi connectivity index (χ3n) is 3.37. The fourth-order valence-electron chi connectivity index (χ4n) is 2.44. The topological polar surface area (TPSA) is 46.3 Å². The number of amides is 1. The Balaban J connectivity index is 0.00000144. The summed E-state index contributed by atoms with van der Waals surface area (Å²) >= 11 is 3.73. The highest BCUT2D eigenvalue weighted by atomic mass is 35.5. The molecule has 6 heteroatoms. The number of carbonyl (C=O) groups excluding carboxylic acids is 1. The molecule has 2 aliphatic rings. The molecule has 3 nitrogen and oxygen atoms in total. The molecule has 0 aromatic rings. The summed E-state index contributed by atoms with van der Waals surface area (Å²) in [5.41, 5.74) is 5.69.